The molecule has 0 saturated carbocycles. The van der Waals surface area contributed by atoms with Crippen molar-refractivity contribution in [3.63, 3.8) is 0 Å². The summed E-state index contributed by atoms with van der Waals surface area (Å²) in [5, 5.41) is 0. The van der Waals surface area contributed by atoms with Gasteiger partial charge in [-0.2, -0.15) is 0 Å². The Hall–Kier alpha value is -1.75. The van der Waals surface area contributed by atoms with Crippen molar-refractivity contribution < 1.29 is 19.1 Å². The van der Waals surface area contributed by atoms with E-state index in [9.17, 15) is 9.59 Å². The molecule has 0 radical (unpaired) electrons. The van der Waals surface area contributed by atoms with Gasteiger partial charge in [0.05, 0.1) is 6.61 Å². The van der Waals surface area contributed by atoms with Crippen molar-refractivity contribution in [3.8, 4) is 0 Å². The van der Waals surface area contributed by atoms with Crippen LogP contribution >= 0.6 is 11.6 Å². The molecule has 5 nitrogen and oxygen atoms in total. The molecule has 0 aliphatic carbocycles. The fourth-order valence-corrected chi connectivity index (χ4v) is 2.78. The Morgan fingerprint density at radius 2 is 1.81 bits per heavy atom. The number of amides is 1. The highest BCUT2D eigenvalue weighted by Crippen LogP contribution is 2.17. The summed E-state index contributed by atoms with van der Waals surface area (Å²) in [4.78, 5) is 26.6. The van der Waals surface area contributed by atoms with E-state index in [1.54, 1.807) is 6.92 Å². The molecule has 0 bridgehead atoms. The predicted molar refractivity (Wildman–Crippen MR) is 103 cm³/mol. The molecule has 0 heterocycles. The van der Waals surface area contributed by atoms with Crippen molar-refractivity contribution in [2.75, 3.05) is 19.0 Å². The minimum Gasteiger partial charge on any atom is -0.464 e. The Morgan fingerprint density at radius 3 is 2.38 bits per heavy atom. The van der Waals surface area contributed by atoms with Gasteiger partial charge in [0.2, 0.25) is 0 Å². The van der Waals surface area contributed by atoms with Crippen LogP contribution in [0.4, 0.5) is 4.79 Å². The number of hydrogen-bond donors (Lipinski definition) is 0. The van der Waals surface area contributed by atoms with Crippen LogP contribution in [0.5, 0.6) is 0 Å². The number of halogens is 1. The van der Waals surface area contributed by atoms with Gasteiger partial charge in [-0.15, -0.1) is 11.6 Å². The average Bonchev–Trinajstić information content (AvgIpc) is 2.62. The van der Waals surface area contributed by atoms with Gasteiger partial charge in [0.15, 0.2) is 0 Å². The summed E-state index contributed by atoms with van der Waals surface area (Å²) >= 11 is 5.76. The van der Waals surface area contributed by atoms with Gasteiger partial charge < -0.3 is 9.47 Å². The number of unbranched alkanes of at least 4 members (excludes halogenated alkanes) is 1. The number of esters is 1. The molecular formula is C20H30ClNO4. The fourth-order valence-electron chi connectivity index (χ4n) is 2.59. The molecule has 0 aromatic heterocycles. The molecule has 0 N–H and O–H groups in total. The van der Waals surface area contributed by atoms with E-state index in [1.165, 1.54) is 4.90 Å². The third kappa shape index (κ3) is 8.09. The van der Waals surface area contributed by atoms with E-state index in [-0.39, 0.29) is 25.1 Å². The first kappa shape index (κ1) is 22.3. The van der Waals surface area contributed by atoms with Crippen molar-refractivity contribution in [3.05, 3.63) is 35.9 Å². The number of rotatable bonds is 11. The quantitative estimate of drug-likeness (QED) is 0.318. The van der Waals surface area contributed by atoms with Crippen LogP contribution in [0.3, 0.4) is 0 Å². The molecule has 0 saturated heterocycles. The monoisotopic (exact) mass is 383 g/mol. The minimum atomic E-state index is -0.645. The van der Waals surface area contributed by atoms with Crippen molar-refractivity contribution in [1.29, 1.82) is 0 Å². The third-order valence-electron chi connectivity index (χ3n) is 3.85. The molecule has 1 amide bonds. The zero-order valence-corrected chi connectivity index (χ0v) is 16.7. The minimum absolute atomic E-state index is 0.170. The van der Waals surface area contributed by atoms with Crippen molar-refractivity contribution >= 4 is 23.7 Å². The third-order valence-corrected chi connectivity index (χ3v) is 4.12. The molecule has 1 aromatic carbocycles. The Labute approximate surface area is 161 Å². The molecule has 146 valence electrons. The Balaban J connectivity index is 2.86. The van der Waals surface area contributed by atoms with Crippen LogP contribution in [-0.2, 0) is 20.9 Å². The van der Waals surface area contributed by atoms with Crippen LogP contribution in [0.1, 0.15) is 45.6 Å². The second-order valence-electron chi connectivity index (χ2n) is 6.53. The molecule has 1 rings (SSSR count). The highest BCUT2D eigenvalue weighted by Gasteiger charge is 2.32. The van der Waals surface area contributed by atoms with Gasteiger partial charge in [-0.25, -0.2) is 9.59 Å². The first-order chi connectivity index (χ1) is 12.5. The molecule has 0 fully saturated rings. The van der Waals surface area contributed by atoms with Crippen molar-refractivity contribution in [1.82, 2.24) is 4.90 Å². The standard InChI is InChI=1S/C20H30ClNO4/c1-4-25-19(23)18(14-16(2)3)22(13-9-8-12-21)20(24)26-15-17-10-6-5-7-11-17/h5-7,10-11,16,18H,4,8-9,12-15H2,1-3H3/t18-/m0/s1. The van der Waals surface area contributed by atoms with Crippen LogP contribution in [0, 0.1) is 5.92 Å². The van der Waals surface area contributed by atoms with E-state index in [4.69, 9.17) is 21.1 Å². The van der Waals surface area contributed by atoms with E-state index in [2.05, 4.69) is 0 Å². The fraction of sp³-hybridized carbons (Fsp3) is 0.600. The smallest absolute Gasteiger partial charge is 0.410 e. The first-order valence-corrected chi connectivity index (χ1v) is 9.72. The van der Waals surface area contributed by atoms with Crippen LogP contribution in [-0.4, -0.2) is 42.0 Å². The van der Waals surface area contributed by atoms with Gasteiger partial charge >= 0.3 is 12.1 Å². The topological polar surface area (TPSA) is 55.8 Å². The number of nitrogens with zero attached hydrogens (tertiary/aromatic N) is 1. The number of carbonyl (C=O) groups is 2. The first-order valence-electron chi connectivity index (χ1n) is 9.19. The summed E-state index contributed by atoms with van der Waals surface area (Å²) in [5.41, 5.74) is 0.901. The maximum Gasteiger partial charge on any atom is 0.410 e. The summed E-state index contributed by atoms with van der Waals surface area (Å²) in [7, 11) is 0. The molecule has 1 atom stereocenters. The van der Waals surface area contributed by atoms with Crippen LogP contribution in [0.15, 0.2) is 30.3 Å². The summed E-state index contributed by atoms with van der Waals surface area (Å²) in [6.45, 7) is 6.65. The highest BCUT2D eigenvalue weighted by atomic mass is 35.5. The molecule has 1 aromatic rings. The molecular weight excluding hydrogens is 354 g/mol. The molecule has 0 aliphatic rings. The molecule has 0 aliphatic heterocycles. The van der Waals surface area contributed by atoms with E-state index in [1.807, 2.05) is 44.2 Å². The Kier molecular flexibility index (Phi) is 10.8. The van der Waals surface area contributed by atoms with Gasteiger partial charge in [-0.05, 0) is 37.7 Å². The number of carbonyl (C=O) groups excluding carboxylic acids is 2. The number of hydrogen-bond acceptors (Lipinski definition) is 4. The summed E-state index contributed by atoms with van der Waals surface area (Å²) < 4.78 is 10.6. The lowest BCUT2D eigenvalue weighted by molar-refractivity contribution is -0.149. The van der Waals surface area contributed by atoms with Crippen molar-refractivity contribution in [2.24, 2.45) is 5.92 Å². The normalized spacial score (nSPS) is 11.9. The lowest BCUT2D eigenvalue weighted by atomic mass is 10.0. The predicted octanol–water partition coefficient (Wildman–Crippen LogP) is 4.62. The van der Waals surface area contributed by atoms with E-state index in [0.717, 1.165) is 12.0 Å². The second-order valence-corrected chi connectivity index (χ2v) is 6.91. The van der Waals surface area contributed by atoms with Crippen LogP contribution in [0.2, 0.25) is 0 Å². The summed E-state index contributed by atoms with van der Waals surface area (Å²) in [6, 6.07) is 8.82. The molecule has 6 heteroatoms. The van der Waals surface area contributed by atoms with Gasteiger partial charge in [0.1, 0.15) is 12.6 Å². The molecule has 26 heavy (non-hydrogen) atoms. The zero-order chi connectivity index (χ0) is 19.4. The second kappa shape index (κ2) is 12.6. The van der Waals surface area contributed by atoms with E-state index in [0.29, 0.717) is 25.3 Å². The largest absolute Gasteiger partial charge is 0.464 e. The number of alkyl halides is 1. The highest BCUT2D eigenvalue weighted by molar-refractivity contribution is 6.17. The van der Waals surface area contributed by atoms with Gasteiger partial charge in [0.25, 0.3) is 0 Å². The van der Waals surface area contributed by atoms with Crippen LogP contribution < -0.4 is 0 Å². The maximum atomic E-state index is 12.7. The number of ether oxygens (including phenoxy) is 2. The summed E-state index contributed by atoms with van der Waals surface area (Å²) in [5.74, 6) is 0.367. The van der Waals surface area contributed by atoms with Crippen LogP contribution in [0.25, 0.3) is 0 Å². The van der Waals surface area contributed by atoms with E-state index >= 15 is 0 Å². The SMILES string of the molecule is CCOC(=O)[C@H](CC(C)C)N(CCCCCl)C(=O)OCc1ccccc1. The summed E-state index contributed by atoms with van der Waals surface area (Å²) in [6.07, 6.45) is 1.50. The van der Waals surface area contributed by atoms with Gasteiger partial charge in [-0.1, -0.05) is 44.2 Å². The lowest BCUT2D eigenvalue weighted by Crippen LogP contribution is -2.47. The number of benzene rings is 1. The maximum absolute atomic E-state index is 12.7. The molecule has 0 spiro atoms. The Bertz CT molecular complexity index is 536. The van der Waals surface area contributed by atoms with E-state index < -0.39 is 12.1 Å². The van der Waals surface area contributed by atoms with Gasteiger partial charge in [0, 0.05) is 12.4 Å². The zero-order valence-electron chi connectivity index (χ0n) is 15.9. The van der Waals surface area contributed by atoms with Crippen molar-refractivity contribution in [2.45, 2.75) is 52.7 Å². The Morgan fingerprint density at radius 1 is 1.12 bits per heavy atom. The molecule has 0 unspecified atom stereocenters. The van der Waals surface area contributed by atoms with Gasteiger partial charge in [-0.3, -0.25) is 4.90 Å². The lowest BCUT2D eigenvalue weighted by Gasteiger charge is -2.30. The average molecular weight is 384 g/mol.